The van der Waals surface area contributed by atoms with E-state index in [0.29, 0.717) is 34.0 Å². The van der Waals surface area contributed by atoms with Gasteiger partial charge >= 0.3 is 5.97 Å². The molecule has 9 heteroatoms. The summed E-state index contributed by atoms with van der Waals surface area (Å²) in [6.45, 7) is 4.46. The second-order valence-electron chi connectivity index (χ2n) is 7.17. The van der Waals surface area contributed by atoms with Crippen molar-refractivity contribution in [3.63, 3.8) is 0 Å². The third-order valence-electron chi connectivity index (χ3n) is 5.16. The zero-order valence-electron chi connectivity index (χ0n) is 17.4. The van der Waals surface area contributed by atoms with Crippen LogP contribution < -0.4 is 0 Å². The monoisotopic (exact) mass is 486 g/mol. The molecule has 0 atom stereocenters. The Morgan fingerprint density at radius 1 is 1.25 bits per heavy atom. The van der Waals surface area contributed by atoms with Gasteiger partial charge in [-0.1, -0.05) is 54.4 Å². The summed E-state index contributed by atoms with van der Waals surface area (Å²) in [5.74, 6) is -0.320. The van der Waals surface area contributed by atoms with Crippen LogP contribution in [0.25, 0.3) is 17.0 Å². The Bertz CT molecular complexity index is 1340. The van der Waals surface area contributed by atoms with E-state index in [0.717, 1.165) is 39.5 Å². The number of aromatic amines is 1. The van der Waals surface area contributed by atoms with Gasteiger partial charge in [-0.15, -0.1) is 5.10 Å². The van der Waals surface area contributed by atoms with Crippen molar-refractivity contribution in [2.75, 3.05) is 0 Å². The van der Waals surface area contributed by atoms with Crippen LogP contribution >= 0.6 is 35.0 Å². The van der Waals surface area contributed by atoms with Gasteiger partial charge < -0.3 is 9.67 Å². The van der Waals surface area contributed by atoms with Crippen molar-refractivity contribution in [2.45, 2.75) is 32.0 Å². The Labute approximate surface area is 199 Å². The molecule has 0 unspecified atom stereocenters. The number of rotatable bonds is 7. The van der Waals surface area contributed by atoms with E-state index in [2.05, 4.69) is 19.7 Å². The average molecular weight is 487 g/mol. The summed E-state index contributed by atoms with van der Waals surface area (Å²) in [6, 6.07) is 13.3. The first-order valence-electron chi connectivity index (χ1n) is 9.93. The molecule has 0 saturated heterocycles. The number of carboxylic acids is 1. The molecular weight excluding hydrogens is 467 g/mol. The van der Waals surface area contributed by atoms with Crippen molar-refractivity contribution < 1.29 is 9.90 Å². The van der Waals surface area contributed by atoms with Gasteiger partial charge in [0.2, 0.25) is 5.16 Å². The third kappa shape index (κ3) is 4.55. The summed E-state index contributed by atoms with van der Waals surface area (Å²) in [4.78, 5) is 16.5. The van der Waals surface area contributed by atoms with Gasteiger partial charge in [0.1, 0.15) is 10.7 Å². The quantitative estimate of drug-likeness (QED) is 0.239. The Kier molecular flexibility index (Phi) is 6.60. The van der Waals surface area contributed by atoms with E-state index in [9.17, 15) is 9.90 Å². The van der Waals surface area contributed by atoms with E-state index in [1.165, 1.54) is 0 Å². The smallest absolute Gasteiger partial charge is 0.342 e. The normalized spacial score (nSPS) is 11.9. The number of nitrogens with zero attached hydrogens (tertiary/aromatic N) is 3. The van der Waals surface area contributed by atoms with E-state index in [1.807, 2.05) is 50.2 Å². The molecule has 2 aromatic carbocycles. The molecule has 0 aliphatic heterocycles. The molecule has 2 N–H and O–H groups in total. The summed E-state index contributed by atoms with van der Waals surface area (Å²) in [5.41, 5.74) is 3.68. The number of fused-ring (bicyclic) bond motifs is 1. The van der Waals surface area contributed by atoms with Gasteiger partial charge in [0.05, 0.1) is 0 Å². The third-order valence-corrected chi connectivity index (χ3v) is 6.62. The fraction of sp³-hybridized carbons (Fsp3) is 0.174. The van der Waals surface area contributed by atoms with E-state index < -0.39 is 5.97 Å². The SMILES string of the molecule is CCc1nc(S/C(=C\c2c(C)n(Cc3ccc(Cl)cc3Cl)c3ccccc23)C(=O)O)n[nH]1. The van der Waals surface area contributed by atoms with Crippen LogP contribution in [-0.4, -0.2) is 30.8 Å². The Balaban J connectivity index is 1.79. The van der Waals surface area contributed by atoms with Crippen LogP contribution in [0.15, 0.2) is 52.5 Å². The van der Waals surface area contributed by atoms with Gasteiger partial charge in [-0.05, 0) is 48.5 Å². The number of H-pyrrole nitrogens is 1. The van der Waals surface area contributed by atoms with Crippen molar-refractivity contribution >= 4 is 57.9 Å². The topological polar surface area (TPSA) is 83.8 Å². The zero-order chi connectivity index (χ0) is 22.8. The van der Waals surface area contributed by atoms with Crippen LogP contribution in [0.3, 0.4) is 0 Å². The molecule has 0 fully saturated rings. The number of hydrogen-bond donors (Lipinski definition) is 2. The summed E-state index contributed by atoms with van der Waals surface area (Å²) >= 11 is 13.5. The largest absolute Gasteiger partial charge is 0.477 e. The van der Waals surface area contributed by atoms with Gasteiger partial charge in [0, 0.05) is 45.2 Å². The van der Waals surface area contributed by atoms with Crippen molar-refractivity contribution in [3.8, 4) is 0 Å². The number of aliphatic carboxylic acids is 1. The number of aromatic nitrogens is 4. The molecule has 2 heterocycles. The summed E-state index contributed by atoms with van der Waals surface area (Å²) in [5, 5.41) is 19.3. The van der Waals surface area contributed by atoms with Crippen molar-refractivity contribution in [1.29, 1.82) is 0 Å². The Hall–Kier alpha value is -2.74. The number of thioether (sulfide) groups is 1. The lowest BCUT2D eigenvalue weighted by Gasteiger charge is -2.11. The fourth-order valence-corrected chi connectivity index (χ4v) is 4.69. The van der Waals surface area contributed by atoms with Gasteiger partial charge in [-0.3, -0.25) is 5.10 Å². The first-order valence-corrected chi connectivity index (χ1v) is 11.5. The number of hydrogen-bond acceptors (Lipinski definition) is 4. The molecule has 0 radical (unpaired) electrons. The Morgan fingerprint density at radius 3 is 2.72 bits per heavy atom. The second-order valence-corrected chi connectivity index (χ2v) is 9.02. The molecule has 0 aliphatic rings. The average Bonchev–Trinajstić information content (AvgIpc) is 3.33. The lowest BCUT2D eigenvalue weighted by molar-refractivity contribution is -0.131. The minimum Gasteiger partial charge on any atom is -0.477 e. The first-order chi connectivity index (χ1) is 15.4. The summed E-state index contributed by atoms with van der Waals surface area (Å²) in [7, 11) is 0. The van der Waals surface area contributed by atoms with Crippen LogP contribution in [0.1, 0.15) is 29.6 Å². The van der Waals surface area contributed by atoms with Crippen LogP contribution in [0.2, 0.25) is 10.0 Å². The predicted molar refractivity (Wildman–Crippen MR) is 129 cm³/mol. The summed E-state index contributed by atoms with van der Waals surface area (Å²) < 4.78 is 2.13. The van der Waals surface area contributed by atoms with Crippen LogP contribution in [-0.2, 0) is 17.8 Å². The standard InChI is InChI=1S/C23H20Cl2N4O2S/c1-3-21-26-23(28-27-21)32-20(22(30)31)11-17-13(2)29(19-7-5-4-6-16(17)19)12-14-8-9-15(24)10-18(14)25/h4-11H,3,12H2,1-2H3,(H,30,31)(H,26,27,28)/b20-11-. The number of nitrogens with one attached hydrogen (secondary N) is 1. The highest BCUT2D eigenvalue weighted by Gasteiger charge is 2.18. The highest BCUT2D eigenvalue weighted by Crippen LogP contribution is 2.33. The second kappa shape index (κ2) is 9.40. The van der Waals surface area contributed by atoms with Crippen molar-refractivity contribution in [2.24, 2.45) is 0 Å². The molecule has 0 amide bonds. The number of carboxylic acid groups (broad SMARTS) is 1. The molecule has 0 bridgehead atoms. The maximum atomic E-state index is 12.0. The number of para-hydroxylation sites is 1. The minimum absolute atomic E-state index is 0.141. The first kappa shape index (κ1) is 22.5. The Morgan fingerprint density at radius 2 is 2.03 bits per heavy atom. The maximum Gasteiger partial charge on any atom is 0.342 e. The molecule has 4 rings (SSSR count). The van der Waals surface area contributed by atoms with E-state index in [1.54, 1.807) is 12.1 Å². The van der Waals surface area contributed by atoms with Crippen LogP contribution in [0.5, 0.6) is 0 Å². The molecule has 4 aromatic rings. The number of halogens is 2. The van der Waals surface area contributed by atoms with E-state index >= 15 is 0 Å². The van der Waals surface area contributed by atoms with Gasteiger partial charge in [0.25, 0.3) is 0 Å². The van der Waals surface area contributed by atoms with Gasteiger partial charge in [0.15, 0.2) is 0 Å². The predicted octanol–water partition coefficient (Wildman–Crippen LogP) is 6.20. The number of aryl methyl sites for hydroxylation is 1. The molecule has 32 heavy (non-hydrogen) atoms. The number of benzene rings is 2. The van der Waals surface area contributed by atoms with Crippen LogP contribution in [0, 0.1) is 6.92 Å². The molecule has 0 saturated carbocycles. The number of carbonyl (C=O) groups is 1. The van der Waals surface area contributed by atoms with E-state index in [-0.39, 0.29) is 4.91 Å². The lowest BCUT2D eigenvalue weighted by atomic mass is 10.1. The van der Waals surface area contributed by atoms with Crippen molar-refractivity contribution in [1.82, 2.24) is 19.7 Å². The fourth-order valence-electron chi connectivity index (χ4n) is 3.51. The highest BCUT2D eigenvalue weighted by molar-refractivity contribution is 8.04. The minimum atomic E-state index is -1.03. The molecule has 0 aliphatic carbocycles. The highest BCUT2D eigenvalue weighted by atomic mass is 35.5. The summed E-state index contributed by atoms with van der Waals surface area (Å²) in [6.07, 6.45) is 2.38. The van der Waals surface area contributed by atoms with Crippen LogP contribution in [0.4, 0.5) is 0 Å². The van der Waals surface area contributed by atoms with Crippen molar-refractivity contribution in [3.05, 3.63) is 80.1 Å². The molecule has 6 nitrogen and oxygen atoms in total. The molecule has 0 spiro atoms. The maximum absolute atomic E-state index is 12.0. The van der Waals surface area contributed by atoms with Gasteiger partial charge in [-0.25, -0.2) is 9.78 Å². The zero-order valence-corrected chi connectivity index (χ0v) is 19.7. The molecule has 164 valence electrons. The van der Waals surface area contributed by atoms with E-state index in [4.69, 9.17) is 23.2 Å². The lowest BCUT2D eigenvalue weighted by Crippen LogP contribution is -2.03. The molecule has 2 aromatic heterocycles. The van der Waals surface area contributed by atoms with Gasteiger partial charge in [-0.2, -0.15) is 0 Å². The molecular formula is C23H20Cl2N4O2S.